The number of H-pyrrole nitrogens is 1. The predicted molar refractivity (Wildman–Crippen MR) is 86.6 cm³/mol. The third kappa shape index (κ3) is 4.33. The highest BCUT2D eigenvalue weighted by molar-refractivity contribution is 5.89. The van der Waals surface area contributed by atoms with Gasteiger partial charge in [0.2, 0.25) is 11.8 Å². The Morgan fingerprint density at radius 3 is 2.81 bits per heavy atom. The van der Waals surface area contributed by atoms with Gasteiger partial charge in [-0.25, -0.2) is 0 Å². The maximum Gasteiger partial charge on any atom is 0.242 e. The van der Waals surface area contributed by atoms with Gasteiger partial charge in [-0.05, 0) is 12.0 Å². The Kier molecular flexibility index (Phi) is 5.42. The number of hydrogen-bond acceptors (Lipinski definition) is 7. The summed E-state index contributed by atoms with van der Waals surface area (Å²) in [6.07, 6.45) is -0.0778. The molecule has 10 nitrogen and oxygen atoms in total. The molecule has 0 saturated carbocycles. The lowest BCUT2D eigenvalue weighted by atomic mass is 10.1. The number of aliphatic hydroxyl groups excluding tert-OH is 1. The number of aliphatic hydroxyl groups is 1. The Bertz CT molecular complexity index is 749. The molecule has 1 fully saturated rings. The first-order chi connectivity index (χ1) is 12.5. The summed E-state index contributed by atoms with van der Waals surface area (Å²) >= 11 is 0. The number of nitrogens with zero attached hydrogens (tertiary/aromatic N) is 4. The average molecular weight is 359 g/mol. The van der Waals surface area contributed by atoms with Gasteiger partial charge < -0.3 is 20.4 Å². The summed E-state index contributed by atoms with van der Waals surface area (Å²) in [5, 5.41) is 36.8. The van der Waals surface area contributed by atoms with E-state index in [9.17, 15) is 19.8 Å². The zero-order valence-electron chi connectivity index (χ0n) is 14.0. The minimum Gasteiger partial charge on any atom is -0.872 e. The number of likely N-dealkylation sites (tertiary alicyclic amines) is 1. The first kappa shape index (κ1) is 17.8. The molecule has 138 valence electrons. The van der Waals surface area contributed by atoms with E-state index >= 15 is 0 Å². The summed E-state index contributed by atoms with van der Waals surface area (Å²) in [6.45, 7) is 0.468. The molecule has 1 aromatic carbocycles. The molecular weight excluding hydrogens is 340 g/mol. The topological polar surface area (TPSA) is 147 Å². The Hall–Kier alpha value is -3.01. The van der Waals surface area contributed by atoms with Crippen LogP contribution in [0.15, 0.2) is 24.3 Å². The van der Waals surface area contributed by atoms with Crippen LogP contribution in [-0.2, 0) is 22.4 Å². The quantitative estimate of drug-likeness (QED) is 0.548. The first-order valence-electron chi connectivity index (χ1n) is 8.26. The van der Waals surface area contributed by atoms with Crippen molar-refractivity contribution in [3.8, 4) is 5.75 Å². The Morgan fingerprint density at radius 2 is 2.12 bits per heavy atom. The van der Waals surface area contributed by atoms with Crippen LogP contribution in [0.5, 0.6) is 5.75 Å². The Balaban J connectivity index is 1.54. The summed E-state index contributed by atoms with van der Waals surface area (Å²) in [6, 6.07) is 5.66. The summed E-state index contributed by atoms with van der Waals surface area (Å²) in [4.78, 5) is 26.2. The van der Waals surface area contributed by atoms with Gasteiger partial charge in [0.05, 0.1) is 12.5 Å². The van der Waals surface area contributed by atoms with E-state index in [2.05, 4.69) is 25.9 Å². The van der Waals surface area contributed by atoms with E-state index in [4.69, 9.17) is 0 Å². The Morgan fingerprint density at radius 1 is 1.35 bits per heavy atom. The van der Waals surface area contributed by atoms with Crippen LogP contribution >= 0.6 is 0 Å². The molecule has 2 aromatic rings. The molecule has 1 aliphatic rings. The normalized spacial score (nSPS) is 19.5. The zero-order chi connectivity index (χ0) is 18.5. The SMILES string of the molecule is O=C(NCCc1ccc([O-])cc1)[C@@H]1C[C@@H](O)CN1C(=O)Cc1nn[nH]n1. The molecule has 0 radical (unpaired) electrons. The van der Waals surface area contributed by atoms with Gasteiger partial charge in [0.25, 0.3) is 0 Å². The van der Waals surface area contributed by atoms with E-state index in [1.54, 1.807) is 12.1 Å². The lowest BCUT2D eigenvalue weighted by Crippen LogP contribution is -2.47. The molecule has 0 aliphatic carbocycles. The molecule has 0 unspecified atom stereocenters. The Labute approximate surface area is 149 Å². The number of nitrogens with one attached hydrogen (secondary N) is 2. The average Bonchev–Trinajstić information content (AvgIpc) is 3.26. The monoisotopic (exact) mass is 359 g/mol. The number of rotatable bonds is 6. The molecular formula is C16H19N6O4-. The van der Waals surface area contributed by atoms with Gasteiger partial charge in [0.15, 0.2) is 5.82 Å². The van der Waals surface area contributed by atoms with Gasteiger partial charge in [-0.15, -0.1) is 15.9 Å². The molecule has 26 heavy (non-hydrogen) atoms. The number of carbonyl (C=O) groups is 2. The van der Waals surface area contributed by atoms with E-state index in [1.807, 2.05) is 0 Å². The van der Waals surface area contributed by atoms with Crippen LogP contribution < -0.4 is 10.4 Å². The fourth-order valence-corrected chi connectivity index (χ4v) is 2.94. The highest BCUT2D eigenvalue weighted by Gasteiger charge is 2.38. The van der Waals surface area contributed by atoms with Crippen molar-refractivity contribution in [1.29, 1.82) is 0 Å². The zero-order valence-corrected chi connectivity index (χ0v) is 14.0. The number of amides is 2. The van der Waals surface area contributed by atoms with E-state index < -0.39 is 12.1 Å². The van der Waals surface area contributed by atoms with Gasteiger partial charge in [0.1, 0.15) is 6.04 Å². The summed E-state index contributed by atoms with van der Waals surface area (Å²) in [5.41, 5.74) is 0.932. The predicted octanol–water partition coefficient (Wildman–Crippen LogP) is -1.86. The van der Waals surface area contributed by atoms with E-state index in [0.29, 0.717) is 13.0 Å². The van der Waals surface area contributed by atoms with Crippen LogP contribution in [-0.4, -0.2) is 67.7 Å². The molecule has 2 amide bonds. The largest absolute Gasteiger partial charge is 0.872 e. The van der Waals surface area contributed by atoms with Gasteiger partial charge in [-0.1, -0.05) is 29.5 Å². The number of carbonyl (C=O) groups excluding carboxylic acids is 2. The molecule has 10 heteroatoms. The third-order valence-corrected chi connectivity index (χ3v) is 4.24. The lowest BCUT2D eigenvalue weighted by Gasteiger charge is -2.23. The van der Waals surface area contributed by atoms with Crippen LogP contribution in [0.3, 0.4) is 0 Å². The molecule has 2 atom stereocenters. The van der Waals surface area contributed by atoms with Crippen molar-refractivity contribution >= 4 is 11.8 Å². The highest BCUT2D eigenvalue weighted by Crippen LogP contribution is 2.19. The van der Waals surface area contributed by atoms with Crippen LogP contribution in [0.2, 0.25) is 0 Å². The standard InChI is InChI=1S/C16H20N6O4/c23-11-3-1-10(2-4-11)5-6-17-16(26)13-7-12(24)9-22(13)15(25)8-14-18-20-21-19-14/h1-4,12-13,23-24H,5-9H2,(H,17,26)(H,18,19,20,21)/p-1/t12-,13+/m1/s1. The molecule has 1 aromatic heterocycles. The van der Waals surface area contributed by atoms with Crippen molar-refractivity contribution in [1.82, 2.24) is 30.8 Å². The number of β-amino-alcohol motifs (C(OH)–C–C–N with tert-alkyl or cyclic N) is 1. The molecule has 0 spiro atoms. The van der Waals surface area contributed by atoms with E-state index in [-0.39, 0.29) is 42.8 Å². The number of benzene rings is 1. The molecule has 1 aliphatic heterocycles. The summed E-state index contributed by atoms with van der Waals surface area (Å²) in [7, 11) is 0. The number of hydrogen-bond donors (Lipinski definition) is 3. The van der Waals surface area contributed by atoms with Gasteiger partial charge in [-0.2, -0.15) is 5.21 Å². The molecule has 3 rings (SSSR count). The summed E-state index contributed by atoms with van der Waals surface area (Å²) < 4.78 is 0. The van der Waals surface area contributed by atoms with Crippen LogP contribution in [0.1, 0.15) is 17.8 Å². The number of tetrazole rings is 1. The second-order valence-electron chi connectivity index (χ2n) is 6.14. The second-order valence-corrected chi connectivity index (χ2v) is 6.14. The molecule has 3 N–H and O–H groups in total. The van der Waals surface area contributed by atoms with E-state index in [0.717, 1.165) is 5.56 Å². The lowest BCUT2D eigenvalue weighted by molar-refractivity contribution is -0.268. The maximum atomic E-state index is 12.4. The van der Waals surface area contributed by atoms with Crippen LogP contribution in [0, 0.1) is 0 Å². The number of aromatic amines is 1. The van der Waals surface area contributed by atoms with Crippen molar-refractivity contribution in [2.45, 2.75) is 31.4 Å². The minimum atomic E-state index is -0.746. The first-order valence-corrected chi connectivity index (χ1v) is 8.26. The summed E-state index contributed by atoms with van der Waals surface area (Å²) in [5.74, 6) is -0.483. The van der Waals surface area contributed by atoms with Crippen molar-refractivity contribution < 1.29 is 19.8 Å². The van der Waals surface area contributed by atoms with Crippen molar-refractivity contribution in [2.75, 3.05) is 13.1 Å². The van der Waals surface area contributed by atoms with Crippen molar-refractivity contribution in [3.63, 3.8) is 0 Å². The fraction of sp³-hybridized carbons (Fsp3) is 0.438. The van der Waals surface area contributed by atoms with Crippen LogP contribution in [0.4, 0.5) is 0 Å². The minimum absolute atomic E-state index is 0.0616. The van der Waals surface area contributed by atoms with E-state index in [1.165, 1.54) is 17.0 Å². The smallest absolute Gasteiger partial charge is 0.242 e. The second kappa shape index (κ2) is 7.91. The van der Waals surface area contributed by atoms with Gasteiger partial charge in [-0.3, -0.25) is 9.59 Å². The fourth-order valence-electron chi connectivity index (χ4n) is 2.94. The molecule has 1 saturated heterocycles. The van der Waals surface area contributed by atoms with Crippen molar-refractivity contribution in [3.05, 3.63) is 35.7 Å². The highest BCUT2D eigenvalue weighted by atomic mass is 16.3. The van der Waals surface area contributed by atoms with Crippen LogP contribution in [0.25, 0.3) is 0 Å². The van der Waals surface area contributed by atoms with Crippen molar-refractivity contribution in [2.24, 2.45) is 0 Å². The maximum absolute atomic E-state index is 12.4. The molecule has 0 bridgehead atoms. The van der Waals surface area contributed by atoms with Gasteiger partial charge in [0, 0.05) is 19.5 Å². The van der Waals surface area contributed by atoms with Gasteiger partial charge >= 0.3 is 0 Å². The molecule has 2 heterocycles. The third-order valence-electron chi connectivity index (χ3n) is 4.24. The number of aromatic nitrogens is 4.